The lowest BCUT2D eigenvalue weighted by Crippen LogP contribution is -2.23. The molecular weight excluding hydrogens is 302 g/mol. The van der Waals surface area contributed by atoms with Crippen molar-refractivity contribution in [3.05, 3.63) is 41.0 Å². The Bertz CT molecular complexity index is 594. The Morgan fingerprint density at radius 1 is 0.917 bits per heavy atom. The summed E-state index contributed by atoms with van der Waals surface area (Å²) < 4.78 is 28.4. The van der Waals surface area contributed by atoms with Crippen LogP contribution in [-0.2, 0) is 6.42 Å². The number of aryl methyl sites for hydroxylation is 1. The first-order valence-corrected chi connectivity index (χ1v) is 9.80. The second kappa shape index (κ2) is 7.80. The van der Waals surface area contributed by atoms with Crippen LogP contribution in [0, 0.1) is 29.4 Å². The molecule has 2 aliphatic rings. The molecule has 1 aromatic carbocycles. The lowest BCUT2D eigenvalue weighted by molar-refractivity contribution is 0.192. The largest absolute Gasteiger partial charge is 0.203 e. The van der Waals surface area contributed by atoms with Gasteiger partial charge in [-0.25, -0.2) is 8.78 Å². The number of benzene rings is 1. The van der Waals surface area contributed by atoms with Crippen molar-refractivity contribution in [3.8, 4) is 0 Å². The number of allylic oxidation sites excluding steroid dienone is 2. The normalized spacial score (nSPS) is 27.8. The van der Waals surface area contributed by atoms with Gasteiger partial charge in [-0.15, -0.1) is 0 Å². The van der Waals surface area contributed by atoms with Gasteiger partial charge < -0.3 is 0 Å². The molecule has 2 heteroatoms. The molecule has 0 heterocycles. The molecule has 0 aliphatic heterocycles. The monoisotopic (exact) mass is 332 g/mol. The lowest BCUT2D eigenvalue weighted by Gasteiger charge is -2.35. The van der Waals surface area contributed by atoms with Crippen LogP contribution in [0.5, 0.6) is 0 Å². The van der Waals surface area contributed by atoms with Gasteiger partial charge in [0.2, 0.25) is 0 Å². The van der Waals surface area contributed by atoms with Crippen LogP contribution in [0.1, 0.15) is 76.3 Å². The molecule has 1 aromatic rings. The van der Waals surface area contributed by atoms with Crippen molar-refractivity contribution in [1.29, 1.82) is 0 Å². The smallest absolute Gasteiger partial charge is 0.166 e. The van der Waals surface area contributed by atoms with E-state index in [1.807, 2.05) is 6.92 Å². The van der Waals surface area contributed by atoms with Crippen molar-refractivity contribution in [2.75, 3.05) is 0 Å². The summed E-state index contributed by atoms with van der Waals surface area (Å²) in [7, 11) is 0. The van der Waals surface area contributed by atoms with Crippen LogP contribution in [0.15, 0.2) is 18.2 Å². The Morgan fingerprint density at radius 3 is 2.25 bits per heavy atom. The minimum Gasteiger partial charge on any atom is -0.203 e. The second-order valence-corrected chi connectivity index (χ2v) is 7.71. The maximum Gasteiger partial charge on any atom is 0.166 e. The van der Waals surface area contributed by atoms with Gasteiger partial charge in [0, 0.05) is 5.56 Å². The molecular formula is C22H30F2. The summed E-state index contributed by atoms with van der Waals surface area (Å²) in [6.45, 7) is 4.16. The van der Waals surface area contributed by atoms with Crippen LogP contribution in [0.25, 0.3) is 5.57 Å². The van der Waals surface area contributed by atoms with E-state index in [0.29, 0.717) is 17.5 Å². The molecule has 1 saturated carbocycles. The number of hydrogen-bond donors (Lipinski definition) is 0. The number of hydrogen-bond acceptors (Lipinski definition) is 0. The fourth-order valence-electron chi connectivity index (χ4n) is 4.71. The SMILES string of the molecule is CCc1ccc(C2=CCC(C3CCC(CC)CC3)CC2)c(F)c1F. The van der Waals surface area contributed by atoms with Gasteiger partial charge in [-0.1, -0.05) is 51.3 Å². The van der Waals surface area contributed by atoms with Gasteiger partial charge in [0.1, 0.15) is 0 Å². The van der Waals surface area contributed by atoms with Gasteiger partial charge in [-0.05, 0) is 67.4 Å². The second-order valence-electron chi connectivity index (χ2n) is 7.71. The highest BCUT2D eigenvalue weighted by molar-refractivity contribution is 5.67. The van der Waals surface area contributed by atoms with Gasteiger partial charge >= 0.3 is 0 Å². The van der Waals surface area contributed by atoms with Gasteiger partial charge in [0.25, 0.3) is 0 Å². The van der Waals surface area contributed by atoms with E-state index in [4.69, 9.17) is 0 Å². The minimum atomic E-state index is -0.657. The molecule has 24 heavy (non-hydrogen) atoms. The van der Waals surface area contributed by atoms with E-state index in [1.165, 1.54) is 32.1 Å². The Balaban J connectivity index is 1.67. The Hall–Kier alpha value is -1.18. The highest BCUT2D eigenvalue weighted by Crippen LogP contribution is 2.42. The minimum absolute atomic E-state index is 0.471. The third-order valence-corrected chi connectivity index (χ3v) is 6.48. The van der Waals surface area contributed by atoms with Gasteiger partial charge in [-0.3, -0.25) is 0 Å². The standard InChI is InChI=1S/C22H30F2/c1-3-15-5-7-17(8-6-15)18-9-11-19(12-10-18)20-14-13-16(4-2)21(23)22(20)24/h11,13-15,17-18H,3-10,12H2,1-2H3. The summed E-state index contributed by atoms with van der Waals surface area (Å²) in [5, 5.41) is 0. The quantitative estimate of drug-likeness (QED) is 0.561. The summed E-state index contributed by atoms with van der Waals surface area (Å²) in [5.41, 5.74) is 1.96. The molecule has 1 fully saturated rings. The van der Waals surface area contributed by atoms with Gasteiger partial charge in [-0.2, -0.15) is 0 Å². The summed E-state index contributed by atoms with van der Waals surface area (Å²) in [4.78, 5) is 0. The molecule has 0 spiro atoms. The van der Waals surface area contributed by atoms with Crippen molar-refractivity contribution in [2.45, 2.75) is 71.6 Å². The van der Waals surface area contributed by atoms with Crippen LogP contribution in [0.2, 0.25) is 0 Å². The molecule has 0 aromatic heterocycles. The average molecular weight is 332 g/mol. The molecule has 0 N–H and O–H groups in total. The van der Waals surface area contributed by atoms with Crippen molar-refractivity contribution < 1.29 is 8.78 Å². The van der Waals surface area contributed by atoms with Gasteiger partial charge in [0.05, 0.1) is 0 Å². The van der Waals surface area contributed by atoms with E-state index in [9.17, 15) is 8.78 Å². The summed E-state index contributed by atoms with van der Waals surface area (Å²) >= 11 is 0. The van der Waals surface area contributed by atoms with E-state index in [-0.39, 0.29) is 0 Å². The van der Waals surface area contributed by atoms with E-state index in [2.05, 4.69) is 13.0 Å². The maximum atomic E-state index is 14.4. The lowest BCUT2D eigenvalue weighted by atomic mass is 9.70. The van der Waals surface area contributed by atoms with E-state index in [0.717, 1.165) is 42.6 Å². The van der Waals surface area contributed by atoms with E-state index >= 15 is 0 Å². The van der Waals surface area contributed by atoms with Crippen molar-refractivity contribution in [1.82, 2.24) is 0 Å². The van der Waals surface area contributed by atoms with E-state index in [1.54, 1.807) is 12.1 Å². The first-order chi connectivity index (χ1) is 11.6. The fraction of sp³-hybridized carbons (Fsp3) is 0.636. The van der Waals surface area contributed by atoms with Crippen molar-refractivity contribution in [2.24, 2.45) is 17.8 Å². The maximum absolute atomic E-state index is 14.4. The molecule has 0 radical (unpaired) electrons. The Kier molecular flexibility index (Phi) is 5.73. The molecule has 132 valence electrons. The zero-order chi connectivity index (χ0) is 17.1. The van der Waals surface area contributed by atoms with Crippen molar-refractivity contribution in [3.63, 3.8) is 0 Å². The van der Waals surface area contributed by atoms with Gasteiger partial charge in [0.15, 0.2) is 11.6 Å². The molecule has 0 bridgehead atoms. The Morgan fingerprint density at radius 2 is 1.67 bits per heavy atom. The molecule has 0 amide bonds. The molecule has 2 aliphatic carbocycles. The highest BCUT2D eigenvalue weighted by Gasteiger charge is 2.29. The summed E-state index contributed by atoms with van der Waals surface area (Å²) in [6, 6.07) is 3.52. The van der Waals surface area contributed by atoms with Crippen LogP contribution in [-0.4, -0.2) is 0 Å². The zero-order valence-electron chi connectivity index (χ0n) is 15.1. The third kappa shape index (κ3) is 3.58. The molecule has 0 saturated heterocycles. The predicted molar refractivity (Wildman–Crippen MR) is 96.8 cm³/mol. The summed E-state index contributed by atoms with van der Waals surface area (Å²) in [5.74, 6) is 1.22. The van der Waals surface area contributed by atoms with Crippen LogP contribution in [0.3, 0.4) is 0 Å². The van der Waals surface area contributed by atoms with Crippen molar-refractivity contribution >= 4 is 5.57 Å². The molecule has 1 atom stereocenters. The topological polar surface area (TPSA) is 0 Å². The van der Waals surface area contributed by atoms with Crippen LogP contribution < -0.4 is 0 Å². The van der Waals surface area contributed by atoms with Crippen LogP contribution >= 0.6 is 0 Å². The van der Waals surface area contributed by atoms with Crippen LogP contribution in [0.4, 0.5) is 8.78 Å². The molecule has 1 unspecified atom stereocenters. The number of rotatable bonds is 4. The first-order valence-electron chi connectivity index (χ1n) is 9.80. The zero-order valence-corrected chi connectivity index (χ0v) is 15.1. The summed E-state index contributed by atoms with van der Waals surface area (Å²) in [6.07, 6.45) is 12.6. The first kappa shape index (κ1) is 17.6. The number of halogens is 2. The Labute approximate surface area is 145 Å². The highest BCUT2D eigenvalue weighted by atomic mass is 19.2. The third-order valence-electron chi connectivity index (χ3n) is 6.48. The van der Waals surface area contributed by atoms with E-state index < -0.39 is 11.6 Å². The fourth-order valence-corrected chi connectivity index (χ4v) is 4.71. The average Bonchev–Trinajstić information content (AvgIpc) is 2.64. The molecule has 0 nitrogen and oxygen atoms in total. The molecule has 3 rings (SSSR count). The predicted octanol–water partition coefficient (Wildman–Crippen LogP) is 6.93.